The Balaban J connectivity index is 1.48. The summed E-state index contributed by atoms with van der Waals surface area (Å²) in [5.41, 5.74) is 1.41. The number of likely N-dealkylation sites (tertiary alicyclic amines) is 1. The fourth-order valence-corrected chi connectivity index (χ4v) is 2.89. The lowest BCUT2D eigenvalue weighted by atomic mass is 10.2. The van der Waals surface area contributed by atoms with Crippen molar-refractivity contribution in [3.05, 3.63) is 24.0 Å². The van der Waals surface area contributed by atoms with Crippen LogP contribution in [0.25, 0.3) is 0 Å². The third kappa shape index (κ3) is 2.55. The second-order valence-electron chi connectivity index (χ2n) is 5.38. The first kappa shape index (κ1) is 11.3. The molecule has 0 bridgehead atoms. The van der Waals surface area contributed by atoms with Crippen LogP contribution >= 0.6 is 0 Å². The molecule has 1 aliphatic carbocycles. The number of hydrogen-bond acceptors (Lipinski definition) is 2. The summed E-state index contributed by atoms with van der Waals surface area (Å²) < 4.78 is 2.32. The van der Waals surface area contributed by atoms with Gasteiger partial charge in [0.2, 0.25) is 0 Å². The largest absolute Gasteiger partial charge is 0.351 e. The molecule has 94 valence electrons. The van der Waals surface area contributed by atoms with Gasteiger partial charge in [0, 0.05) is 50.2 Å². The summed E-state index contributed by atoms with van der Waals surface area (Å²) in [6.45, 7) is 6.86. The highest BCUT2D eigenvalue weighted by molar-refractivity contribution is 5.07. The van der Waals surface area contributed by atoms with E-state index in [1.54, 1.807) is 0 Å². The number of nitrogens with one attached hydrogen (secondary N) is 1. The molecule has 1 atom stereocenters. The maximum absolute atomic E-state index is 3.71. The molecule has 1 saturated carbocycles. The van der Waals surface area contributed by atoms with Crippen molar-refractivity contribution in [3.63, 3.8) is 0 Å². The molecule has 1 aliphatic heterocycles. The number of nitrogens with zero attached hydrogens (tertiary/aromatic N) is 2. The summed E-state index contributed by atoms with van der Waals surface area (Å²) in [5.74, 6) is 0. The van der Waals surface area contributed by atoms with Gasteiger partial charge < -0.3 is 9.88 Å². The van der Waals surface area contributed by atoms with Gasteiger partial charge in [-0.3, -0.25) is 4.90 Å². The van der Waals surface area contributed by atoms with Crippen molar-refractivity contribution < 1.29 is 0 Å². The van der Waals surface area contributed by atoms with E-state index in [9.17, 15) is 0 Å². The fourth-order valence-electron chi connectivity index (χ4n) is 2.89. The quantitative estimate of drug-likeness (QED) is 0.837. The van der Waals surface area contributed by atoms with Crippen molar-refractivity contribution >= 4 is 0 Å². The number of hydrogen-bond donors (Lipinski definition) is 1. The molecule has 0 amide bonds. The van der Waals surface area contributed by atoms with E-state index < -0.39 is 0 Å². The van der Waals surface area contributed by atoms with E-state index in [0.717, 1.165) is 19.1 Å². The first-order chi connectivity index (χ1) is 8.36. The van der Waals surface area contributed by atoms with Crippen molar-refractivity contribution in [3.8, 4) is 0 Å². The Morgan fingerprint density at radius 3 is 3.00 bits per heavy atom. The Morgan fingerprint density at radius 2 is 2.24 bits per heavy atom. The van der Waals surface area contributed by atoms with E-state index in [4.69, 9.17) is 0 Å². The number of rotatable bonds is 5. The first-order valence-corrected chi connectivity index (χ1v) is 6.98. The molecule has 1 saturated heterocycles. The third-order valence-corrected chi connectivity index (χ3v) is 4.12. The Hall–Kier alpha value is -0.800. The molecule has 2 aliphatic rings. The second-order valence-corrected chi connectivity index (χ2v) is 5.38. The van der Waals surface area contributed by atoms with Crippen LogP contribution in [0.3, 0.4) is 0 Å². The average Bonchev–Trinajstić information content (AvgIpc) is 2.93. The zero-order valence-electron chi connectivity index (χ0n) is 10.7. The van der Waals surface area contributed by atoms with Crippen molar-refractivity contribution in [2.75, 3.05) is 13.1 Å². The Morgan fingerprint density at radius 1 is 1.35 bits per heavy atom. The summed E-state index contributed by atoms with van der Waals surface area (Å²) >= 11 is 0. The molecule has 0 radical (unpaired) electrons. The van der Waals surface area contributed by atoms with Crippen LogP contribution in [0, 0.1) is 0 Å². The molecular formula is C14H23N3. The molecule has 1 aromatic heterocycles. The van der Waals surface area contributed by atoms with Gasteiger partial charge in [-0.05, 0) is 38.3 Å². The molecular weight excluding hydrogens is 210 g/mol. The minimum absolute atomic E-state index is 0.704. The lowest BCUT2D eigenvalue weighted by Gasteiger charge is -2.16. The van der Waals surface area contributed by atoms with Gasteiger partial charge in [0.1, 0.15) is 0 Å². The van der Waals surface area contributed by atoms with Crippen molar-refractivity contribution in [1.82, 2.24) is 14.8 Å². The van der Waals surface area contributed by atoms with Gasteiger partial charge >= 0.3 is 0 Å². The van der Waals surface area contributed by atoms with Crippen LogP contribution in [0.4, 0.5) is 0 Å². The Bertz CT molecular complexity index is 367. The summed E-state index contributed by atoms with van der Waals surface area (Å²) in [7, 11) is 0. The van der Waals surface area contributed by atoms with Crippen LogP contribution in [0.15, 0.2) is 18.3 Å². The van der Waals surface area contributed by atoms with Crippen molar-refractivity contribution in [1.29, 1.82) is 0 Å². The van der Waals surface area contributed by atoms with Crippen LogP contribution in [0.2, 0.25) is 0 Å². The van der Waals surface area contributed by atoms with Gasteiger partial charge in [-0.25, -0.2) is 0 Å². The molecule has 3 rings (SSSR count). The number of aryl methyl sites for hydroxylation is 1. The van der Waals surface area contributed by atoms with E-state index in [2.05, 4.69) is 40.0 Å². The highest BCUT2D eigenvalue weighted by Crippen LogP contribution is 2.29. The molecule has 0 spiro atoms. The minimum Gasteiger partial charge on any atom is -0.351 e. The molecule has 0 aromatic carbocycles. The lowest BCUT2D eigenvalue weighted by Crippen LogP contribution is -2.33. The van der Waals surface area contributed by atoms with Crippen molar-refractivity contribution in [2.24, 2.45) is 0 Å². The van der Waals surface area contributed by atoms with Gasteiger partial charge in [0.25, 0.3) is 0 Å². The SMILES string of the molecule is CCn1cccc1CNC1CCN(C2CC2)C1. The molecule has 2 heterocycles. The van der Waals surface area contributed by atoms with Gasteiger partial charge in [0.15, 0.2) is 0 Å². The number of aromatic nitrogens is 1. The molecule has 3 heteroatoms. The summed E-state index contributed by atoms with van der Waals surface area (Å²) in [6, 6.07) is 6.01. The zero-order chi connectivity index (χ0) is 11.7. The smallest absolute Gasteiger partial charge is 0.0362 e. The van der Waals surface area contributed by atoms with Crippen LogP contribution in [-0.4, -0.2) is 34.6 Å². The van der Waals surface area contributed by atoms with E-state index in [1.165, 1.54) is 38.0 Å². The van der Waals surface area contributed by atoms with Gasteiger partial charge in [-0.2, -0.15) is 0 Å². The first-order valence-electron chi connectivity index (χ1n) is 6.98. The third-order valence-electron chi connectivity index (χ3n) is 4.12. The fraction of sp³-hybridized carbons (Fsp3) is 0.714. The Labute approximate surface area is 104 Å². The predicted molar refractivity (Wildman–Crippen MR) is 69.9 cm³/mol. The van der Waals surface area contributed by atoms with Crippen molar-refractivity contribution in [2.45, 2.75) is 51.4 Å². The standard InChI is InChI=1S/C14H23N3/c1-2-16-8-3-4-14(16)10-15-12-7-9-17(11-12)13-5-6-13/h3-4,8,12-13,15H,2,5-7,9-11H2,1H3. The van der Waals surface area contributed by atoms with E-state index >= 15 is 0 Å². The van der Waals surface area contributed by atoms with Crippen LogP contribution in [0.1, 0.15) is 31.9 Å². The summed E-state index contributed by atoms with van der Waals surface area (Å²) in [6.07, 6.45) is 6.36. The minimum atomic E-state index is 0.704. The highest BCUT2D eigenvalue weighted by Gasteiger charge is 2.34. The summed E-state index contributed by atoms with van der Waals surface area (Å²) in [4.78, 5) is 2.66. The molecule has 1 unspecified atom stereocenters. The highest BCUT2D eigenvalue weighted by atomic mass is 15.2. The van der Waals surface area contributed by atoms with Crippen LogP contribution in [0.5, 0.6) is 0 Å². The molecule has 1 aromatic rings. The van der Waals surface area contributed by atoms with Gasteiger partial charge in [-0.1, -0.05) is 0 Å². The summed E-state index contributed by atoms with van der Waals surface area (Å²) in [5, 5.41) is 3.71. The van der Waals surface area contributed by atoms with E-state index in [-0.39, 0.29) is 0 Å². The maximum Gasteiger partial charge on any atom is 0.0362 e. The van der Waals surface area contributed by atoms with Crippen LogP contribution < -0.4 is 5.32 Å². The normalized spacial score (nSPS) is 25.6. The van der Waals surface area contributed by atoms with Gasteiger partial charge in [0.05, 0.1) is 0 Å². The van der Waals surface area contributed by atoms with Crippen LogP contribution in [-0.2, 0) is 13.1 Å². The predicted octanol–water partition coefficient (Wildman–Crippen LogP) is 1.83. The van der Waals surface area contributed by atoms with E-state index in [1.807, 2.05) is 0 Å². The molecule has 1 N–H and O–H groups in total. The maximum atomic E-state index is 3.71. The monoisotopic (exact) mass is 233 g/mol. The molecule has 3 nitrogen and oxygen atoms in total. The average molecular weight is 233 g/mol. The zero-order valence-corrected chi connectivity index (χ0v) is 10.7. The lowest BCUT2D eigenvalue weighted by molar-refractivity contribution is 0.317. The molecule has 2 fully saturated rings. The van der Waals surface area contributed by atoms with E-state index in [0.29, 0.717) is 6.04 Å². The second kappa shape index (κ2) is 4.83. The Kier molecular flexibility index (Phi) is 3.21. The van der Waals surface area contributed by atoms with Gasteiger partial charge in [-0.15, -0.1) is 0 Å². The topological polar surface area (TPSA) is 20.2 Å². The molecule has 17 heavy (non-hydrogen) atoms.